The summed E-state index contributed by atoms with van der Waals surface area (Å²) in [7, 11) is 0. The highest BCUT2D eigenvalue weighted by Crippen LogP contribution is 2.30. The number of hydrogen-bond donors (Lipinski definition) is 1. The first kappa shape index (κ1) is 11.9. The van der Waals surface area contributed by atoms with E-state index in [-0.39, 0.29) is 0 Å². The van der Waals surface area contributed by atoms with E-state index in [0.717, 1.165) is 35.2 Å². The van der Waals surface area contributed by atoms with Crippen molar-refractivity contribution in [2.24, 2.45) is 0 Å². The van der Waals surface area contributed by atoms with E-state index in [1.165, 1.54) is 6.33 Å². The van der Waals surface area contributed by atoms with Gasteiger partial charge in [-0.3, -0.25) is 0 Å². The van der Waals surface area contributed by atoms with Crippen LogP contribution in [-0.2, 0) is 4.79 Å². The molecule has 1 fully saturated rings. The second kappa shape index (κ2) is 4.50. The summed E-state index contributed by atoms with van der Waals surface area (Å²) in [5.41, 5.74) is 1.97. The number of fused-ring (bicyclic) bond motifs is 1. The summed E-state index contributed by atoms with van der Waals surface area (Å²) in [4.78, 5) is 21.7. The Morgan fingerprint density at radius 1 is 1.42 bits per heavy atom. The number of aryl methyl sites for hydroxylation is 1. The summed E-state index contributed by atoms with van der Waals surface area (Å²) in [6, 6.07) is 5.49. The van der Waals surface area contributed by atoms with Crippen LogP contribution in [0, 0.1) is 6.92 Å². The summed E-state index contributed by atoms with van der Waals surface area (Å²) < 4.78 is 0. The second-order valence-corrected chi connectivity index (χ2v) is 4.91. The molecule has 1 aliphatic rings. The van der Waals surface area contributed by atoms with Crippen molar-refractivity contribution in [3.8, 4) is 0 Å². The molecule has 1 N–H and O–H groups in total. The van der Waals surface area contributed by atoms with Crippen molar-refractivity contribution in [1.82, 2.24) is 9.97 Å². The van der Waals surface area contributed by atoms with Crippen molar-refractivity contribution in [1.29, 1.82) is 0 Å². The molecule has 0 aliphatic carbocycles. The van der Waals surface area contributed by atoms with Crippen LogP contribution in [0.4, 0.5) is 5.82 Å². The van der Waals surface area contributed by atoms with E-state index in [1.54, 1.807) is 0 Å². The Morgan fingerprint density at radius 2 is 2.26 bits per heavy atom. The number of aromatic nitrogens is 2. The number of carboxylic acid groups (broad SMARTS) is 1. The molecule has 5 nitrogen and oxygen atoms in total. The van der Waals surface area contributed by atoms with Crippen molar-refractivity contribution in [3.63, 3.8) is 0 Å². The highest BCUT2D eigenvalue weighted by molar-refractivity contribution is 5.92. The van der Waals surface area contributed by atoms with Crippen molar-refractivity contribution in [2.75, 3.05) is 11.4 Å². The molecular weight excluding hydrogens is 242 g/mol. The molecule has 5 heteroatoms. The fraction of sp³-hybridized carbons (Fsp3) is 0.357. The lowest BCUT2D eigenvalue weighted by molar-refractivity contribution is -0.138. The molecule has 0 bridgehead atoms. The normalized spacial score (nSPS) is 19.0. The minimum atomic E-state index is -0.781. The second-order valence-electron chi connectivity index (χ2n) is 4.91. The van der Waals surface area contributed by atoms with Crippen LogP contribution >= 0.6 is 0 Å². The summed E-state index contributed by atoms with van der Waals surface area (Å²) in [6.07, 6.45) is 3.06. The van der Waals surface area contributed by atoms with Gasteiger partial charge in [0.25, 0.3) is 0 Å². The molecule has 3 rings (SSSR count). The van der Waals surface area contributed by atoms with Crippen LogP contribution in [0.15, 0.2) is 24.5 Å². The third kappa shape index (κ3) is 2.01. The van der Waals surface area contributed by atoms with E-state index in [0.29, 0.717) is 6.42 Å². The number of carbonyl (C=O) groups is 1. The number of carboxylic acids is 1. The standard InChI is InChI=1S/C14H15N3O2/c1-9-4-5-11-10(7-9)13(16-8-15-11)17-6-2-3-12(17)14(18)19/h4-5,7-8,12H,2-3,6H2,1H3,(H,18,19)/t12-/m0/s1. The van der Waals surface area contributed by atoms with Gasteiger partial charge in [-0.25, -0.2) is 14.8 Å². The van der Waals surface area contributed by atoms with Crippen LogP contribution in [0.2, 0.25) is 0 Å². The number of anilines is 1. The van der Waals surface area contributed by atoms with Gasteiger partial charge in [0.1, 0.15) is 18.2 Å². The quantitative estimate of drug-likeness (QED) is 0.891. The predicted octanol–water partition coefficient (Wildman–Crippen LogP) is 1.99. The van der Waals surface area contributed by atoms with Gasteiger partial charge in [-0.2, -0.15) is 0 Å². The minimum absolute atomic E-state index is 0.474. The van der Waals surface area contributed by atoms with E-state index >= 15 is 0 Å². The van der Waals surface area contributed by atoms with Crippen LogP contribution in [0.5, 0.6) is 0 Å². The molecule has 1 aromatic carbocycles. The minimum Gasteiger partial charge on any atom is -0.480 e. The van der Waals surface area contributed by atoms with Crippen LogP contribution in [0.25, 0.3) is 10.9 Å². The predicted molar refractivity (Wildman–Crippen MR) is 72.3 cm³/mol. The molecule has 1 saturated heterocycles. The zero-order valence-corrected chi connectivity index (χ0v) is 10.7. The maximum Gasteiger partial charge on any atom is 0.326 e. The van der Waals surface area contributed by atoms with Crippen LogP contribution in [-0.4, -0.2) is 33.6 Å². The fourth-order valence-corrected chi connectivity index (χ4v) is 2.66. The molecule has 1 aromatic heterocycles. The van der Waals surface area contributed by atoms with Crippen LogP contribution < -0.4 is 4.90 Å². The van der Waals surface area contributed by atoms with Gasteiger partial charge in [-0.05, 0) is 31.9 Å². The van der Waals surface area contributed by atoms with Gasteiger partial charge in [0, 0.05) is 11.9 Å². The van der Waals surface area contributed by atoms with Crippen molar-refractivity contribution >= 4 is 22.7 Å². The zero-order chi connectivity index (χ0) is 13.4. The molecule has 0 saturated carbocycles. The first-order valence-electron chi connectivity index (χ1n) is 6.37. The van der Waals surface area contributed by atoms with Crippen molar-refractivity contribution in [2.45, 2.75) is 25.8 Å². The largest absolute Gasteiger partial charge is 0.480 e. The van der Waals surface area contributed by atoms with Gasteiger partial charge in [0.15, 0.2) is 0 Å². The first-order valence-corrected chi connectivity index (χ1v) is 6.37. The van der Waals surface area contributed by atoms with Crippen molar-refractivity contribution < 1.29 is 9.90 Å². The third-order valence-electron chi connectivity index (χ3n) is 3.58. The van der Waals surface area contributed by atoms with E-state index in [2.05, 4.69) is 9.97 Å². The Hall–Kier alpha value is -2.17. The highest BCUT2D eigenvalue weighted by atomic mass is 16.4. The molecule has 19 heavy (non-hydrogen) atoms. The van der Waals surface area contributed by atoms with Crippen LogP contribution in [0.1, 0.15) is 18.4 Å². The Balaban J connectivity index is 2.14. The molecule has 0 amide bonds. The maximum absolute atomic E-state index is 11.3. The Kier molecular flexibility index (Phi) is 2.81. The Morgan fingerprint density at radius 3 is 3.05 bits per heavy atom. The first-order chi connectivity index (χ1) is 9.16. The lowest BCUT2D eigenvalue weighted by Crippen LogP contribution is -2.36. The summed E-state index contributed by atoms with van der Waals surface area (Å²) in [6.45, 7) is 2.74. The number of nitrogens with zero attached hydrogens (tertiary/aromatic N) is 3. The third-order valence-corrected chi connectivity index (χ3v) is 3.58. The molecule has 1 aliphatic heterocycles. The highest BCUT2D eigenvalue weighted by Gasteiger charge is 2.32. The molecule has 0 unspecified atom stereocenters. The number of benzene rings is 1. The Labute approximate surface area is 110 Å². The van der Waals surface area contributed by atoms with Gasteiger partial charge in [-0.15, -0.1) is 0 Å². The molecule has 98 valence electrons. The van der Waals surface area contributed by atoms with Crippen LogP contribution in [0.3, 0.4) is 0 Å². The average Bonchev–Trinajstić information content (AvgIpc) is 2.87. The van der Waals surface area contributed by atoms with Gasteiger partial charge in [0.05, 0.1) is 5.52 Å². The molecular formula is C14H15N3O2. The van der Waals surface area contributed by atoms with Gasteiger partial charge < -0.3 is 10.0 Å². The van der Waals surface area contributed by atoms with E-state index in [1.807, 2.05) is 30.0 Å². The maximum atomic E-state index is 11.3. The lowest BCUT2D eigenvalue weighted by Gasteiger charge is -2.23. The smallest absolute Gasteiger partial charge is 0.326 e. The van der Waals surface area contributed by atoms with Gasteiger partial charge in [0.2, 0.25) is 0 Å². The SMILES string of the molecule is Cc1ccc2ncnc(N3CCC[C@H]3C(=O)O)c2c1. The molecule has 0 radical (unpaired) electrons. The van der Waals surface area contributed by atoms with E-state index < -0.39 is 12.0 Å². The van der Waals surface area contributed by atoms with E-state index in [4.69, 9.17) is 0 Å². The molecule has 2 aromatic rings. The molecule has 2 heterocycles. The Bertz CT molecular complexity index is 642. The molecule has 1 atom stereocenters. The number of hydrogen-bond acceptors (Lipinski definition) is 4. The number of aliphatic carboxylic acids is 1. The lowest BCUT2D eigenvalue weighted by atomic mass is 10.1. The zero-order valence-electron chi connectivity index (χ0n) is 10.7. The fourth-order valence-electron chi connectivity index (χ4n) is 2.66. The summed E-state index contributed by atoms with van der Waals surface area (Å²) >= 11 is 0. The summed E-state index contributed by atoms with van der Waals surface area (Å²) in [5, 5.41) is 10.2. The number of rotatable bonds is 2. The van der Waals surface area contributed by atoms with Gasteiger partial charge in [-0.1, -0.05) is 11.6 Å². The molecule has 0 spiro atoms. The summed E-state index contributed by atoms with van der Waals surface area (Å²) in [5.74, 6) is -0.0458. The monoisotopic (exact) mass is 257 g/mol. The van der Waals surface area contributed by atoms with Gasteiger partial charge >= 0.3 is 5.97 Å². The topological polar surface area (TPSA) is 66.3 Å². The average molecular weight is 257 g/mol. The van der Waals surface area contributed by atoms with Crippen molar-refractivity contribution in [3.05, 3.63) is 30.1 Å². The van der Waals surface area contributed by atoms with E-state index in [9.17, 15) is 9.90 Å².